The van der Waals surface area contributed by atoms with Gasteiger partial charge in [0, 0.05) is 17.0 Å². The van der Waals surface area contributed by atoms with E-state index in [0.29, 0.717) is 5.92 Å². The molecule has 0 saturated carbocycles. The first-order valence-corrected chi connectivity index (χ1v) is 11.5. The molecule has 2 heteroatoms. The van der Waals surface area contributed by atoms with Crippen molar-refractivity contribution in [1.82, 2.24) is 4.98 Å². The Morgan fingerprint density at radius 3 is 2.12 bits per heavy atom. The van der Waals surface area contributed by atoms with Gasteiger partial charge in [-0.25, -0.2) is 4.98 Å². The summed E-state index contributed by atoms with van der Waals surface area (Å²) in [7, 11) is 0. The Kier molecular flexibility index (Phi) is 12.5. The van der Waals surface area contributed by atoms with Gasteiger partial charge in [-0.15, -0.1) is 11.3 Å². The number of nitrogens with zero attached hydrogens (tertiary/aromatic N) is 1. The Hall–Kier alpha value is -0.370. The van der Waals surface area contributed by atoms with E-state index < -0.39 is 0 Å². The predicted octanol–water partition coefficient (Wildman–Crippen LogP) is 8.15. The van der Waals surface area contributed by atoms with Crippen molar-refractivity contribution in [3.05, 3.63) is 16.1 Å². The maximum absolute atomic E-state index is 4.86. The highest BCUT2D eigenvalue weighted by molar-refractivity contribution is 7.11. The van der Waals surface area contributed by atoms with Crippen LogP contribution in [0.2, 0.25) is 0 Å². The first kappa shape index (κ1) is 21.7. The molecule has 0 radical (unpaired) electrons. The third-order valence-electron chi connectivity index (χ3n) is 5.23. The standard InChI is InChI=1S/C22H41NS/c1-5-8-11-14-16-20-18-23-22(24-20)21(17-13-10-7-3)19(4)15-12-9-6-2/h18-19,21H,5-17H2,1-4H3/t19-,21-/m0/s1. The molecule has 0 aliphatic heterocycles. The summed E-state index contributed by atoms with van der Waals surface area (Å²) in [6.45, 7) is 9.35. The van der Waals surface area contributed by atoms with E-state index in [1.54, 1.807) is 0 Å². The van der Waals surface area contributed by atoms with E-state index in [2.05, 4.69) is 33.9 Å². The SMILES string of the molecule is CCCCCCc1cnc([C@@H](CCCCC)[C@@H](C)CCCCC)s1. The molecule has 0 aliphatic carbocycles. The third-order valence-corrected chi connectivity index (χ3v) is 6.42. The minimum absolute atomic E-state index is 0.697. The molecule has 1 heterocycles. The Balaban J connectivity index is 2.58. The molecule has 1 rings (SSSR count). The number of aryl methyl sites for hydroxylation is 1. The van der Waals surface area contributed by atoms with Crippen LogP contribution < -0.4 is 0 Å². The number of unbranched alkanes of at least 4 members (excludes halogenated alkanes) is 7. The summed E-state index contributed by atoms with van der Waals surface area (Å²) in [4.78, 5) is 6.38. The van der Waals surface area contributed by atoms with Crippen LogP contribution in [0.15, 0.2) is 6.20 Å². The lowest BCUT2D eigenvalue weighted by Crippen LogP contribution is -2.10. The van der Waals surface area contributed by atoms with Crippen LogP contribution in [0.3, 0.4) is 0 Å². The second kappa shape index (κ2) is 13.9. The Labute approximate surface area is 155 Å². The monoisotopic (exact) mass is 351 g/mol. The molecule has 0 spiro atoms. The highest BCUT2D eigenvalue weighted by atomic mass is 32.1. The lowest BCUT2D eigenvalue weighted by Gasteiger charge is -2.22. The summed E-state index contributed by atoms with van der Waals surface area (Å²) in [6.07, 6.45) is 19.7. The molecule has 0 unspecified atom stereocenters. The van der Waals surface area contributed by atoms with Gasteiger partial charge in [-0.05, 0) is 25.2 Å². The van der Waals surface area contributed by atoms with E-state index in [0.717, 1.165) is 5.92 Å². The van der Waals surface area contributed by atoms with Crippen molar-refractivity contribution in [3.8, 4) is 0 Å². The molecular weight excluding hydrogens is 310 g/mol. The summed E-state index contributed by atoms with van der Waals surface area (Å²) >= 11 is 2.01. The summed E-state index contributed by atoms with van der Waals surface area (Å²) in [5.74, 6) is 1.48. The first-order valence-electron chi connectivity index (χ1n) is 10.7. The smallest absolute Gasteiger partial charge is 0.0961 e. The first-order chi connectivity index (χ1) is 11.7. The number of aromatic nitrogens is 1. The van der Waals surface area contributed by atoms with Gasteiger partial charge in [0.1, 0.15) is 0 Å². The highest BCUT2D eigenvalue weighted by Crippen LogP contribution is 2.36. The third kappa shape index (κ3) is 8.65. The maximum Gasteiger partial charge on any atom is 0.0961 e. The van der Waals surface area contributed by atoms with E-state index >= 15 is 0 Å². The largest absolute Gasteiger partial charge is 0.249 e. The van der Waals surface area contributed by atoms with Crippen LogP contribution in [0, 0.1) is 5.92 Å². The molecule has 24 heavy (non-hydrogen) atoms. The van der Waals surface area contributed by atoms with Crippen molar-refractivity contribution in [3.63, 3.8) is 0 Å². The Morgan fingerprint density at radius 1 is 0.833 bits per heavy atom. The average molecular weight is 352 g/mol. The predicted molar refractivity (Wildman–Crippen MR) is 110 cm³/mol. The van der Waals surface area contributed by atoms with Gasteiger partial charge in [0.05, 0.1) is 5.01 Å². The fourth-order valence-electron chi connectivity index (χ4n) is 3.52. The summed E-state index contributed by atoms with van der Waals surface area (Å²) in [5, 5.41) is 1.43. The zero-order valence-corrected chi connectivity index (χ0v) is 17.6. The average Bonchev–Trinajstić information content (AvgIpc) is 3.04. The van der Waals surface area contributed by atoms with Crippen LogP contribution in [0.1, 0.15) is 121 Å². The summed E-state index contributed by atoms with van der Waals surface area (Å²) < 4.78 is 0. The molecular formula is C22H41NS. The van der Waals surface area contributed by atoms with E-state index in [9.17, 15) is 0 Å². The molecule has 1 aromatic heterocycles. The van der Waals surface area contributed by atoms with Crippen LogP contribution in [-0.2, 0) is 6.42 Å². The van der Waals surface area contributed by atoms with Crippen molar-refractivity contribution in [2.75, 3.05) is 0 Å². The fourth-order valence-corrected chi connectivity index (χ4v) is 4.75. The highest BCUT2D eigenvalue weighted by Gasteiger charge is 2.22. The second-order valence-electron chi connectivity index (χ2n) is 7.55. The van der Waals surface area contributed by atoms with Gasteiger partial charge in [0.25, 0.3) is 0 Å². The molecule has 1 nitrogen and oxygen atoms in total. The molecule has 0 N–H and O–H groups in total. The Morgan fingerprint density at radius 2 is 1.46 bits per heavy atom. The molecule has 0 amide bonds. The number of hydrogen-bond acceptors (Lipinski definition) is 2. The number of hydrogen-bond donors (Lipinski definition) is 0. The van der Waals surface area contributed by atoms with Gasteiger partial charge in [-0.3, -0.25) is 0 Å². The zero-order valence-electron chi connectivity index (χ0n) is 16.8. The van der Waals surface area contributed by atoms with Crippen molar-refractivity contribution >= 4 is 11.3 Å². The molecule has 0 saturated heterocycles. The molecule has 0 fully saturated rings. The van der Waals surface area contributed by atoms with Gasteiger partial charge >= 0.3 is 0 Å². The minimum atomic E-state index is 0.697. The van der Waals surface area contributed by atoms with E-state index in [1.165, 1.54) is 93.4 Å². The van der Waals surface area contributed by atoms with Crippen molar-refractivity contribution in [2.45, 2.75) is 117 Å². The fraction of sp³-hybridized carbons (Fsp3) is 0.864. The van der Waals surface area contributed by atoms with Gasteiger partial charge < -0.3 is 0 Å². The Bertz CT molecular complexity index is 398. The quantitative estimate of drug-likeness (QED) is 0.290. The van der Waals surface area contributed by atoms with Gasteiger partial charge in [-0.2, -0.15) is 0 Å². The lowest BCUT2D eigenvalue weighted by atomic mass is 9.86. The minimum Gasteiger partial charge on any atom is -0.249 e. The van der Waals surface area contributed by atoms with Gasteiger partial charge in [-0.1, -0.05) is 91.9 Å². The summed E-state index contributed by atoms with van der Waals surface area (Å²) in [5.41, 5.74) is 0. The molecule has 0 bridgehead atoms. The van der Waals surface area contributed by atoms with E-state index in [1.807, 2.05) is 11.3 Å². The van der Waals surface area contributed by atoms with E-state index in [4.69, 9.17) is 4.98 Å². The molecule has 0 aromatic carbocycles. The number of rotatable bonds is 15. The molecule has 140 valence electrons. The second-order valence-corrected chi connectivity index (χ2v) is 8.70. The van der Waals surface area contributed by atoms with Crippen molar-refractivity contribution < 1.29 is 0 Å². The van der Waals surface area contributed by atoms with Crippen LogP contribution in [0.4, 0.5) is 0 Å². The van der Waals surface area contributed by atoms with Crippen LogP contribution in [-0.4, -0.2) is 4.98 Å². The van der Waals surface area contributed by atoms with Crippen molar-refractivity contribution in [1.29, 1.82) is 0 Å². The van der Waals surface area contributed by atoms with Crippen molar-refractivity contribution in [2.24, 2.45) is 5.92 Å². The van der Waals surface area contributed by atoms with Crippen LogP contribution in [0.25, 0.3) is 0 Å². The van der Waals surface area contributed by atoms with Crippen LogP contribution in [0.5, 0.6) is 0 Å². The van der Waals surface area contributed by atoms with Gasteiger partial charge in [0.2, 0.25) is 0 Å². The summed E-state index contributed by atoms with van der Waals surface area (Å²) in [6, 6.07) is 0. The normalized spacial score (nSPS) is 14.0. The molecule has 0 aliphatic rings. The maximum atomic E-state index is 4.86. The molecule has 1 aromatic rings. The molecule has 2 atom stereocenters. The zero-order chi connectivity index (χ0) is 17.6. The van der Waals surface area contributed by atoms with Crippen LogP contribution >= 0.6 is 11.3 Å². The van der Waals surface area contributed by atoms with E-state index in [-0.39, 0.29) is 0 Å². The lowest BCUT2D eigenvalue weighted by molar-refractivity contribution is 0.381. The topological polar surface area (TPSA) is 12.9 Å². The number of thiazole rings is 1. The van der Waals surface area contributed by atoms with Gasteiger partial charge in [0.15, 0.2) is 0 Å².